The third-order valence-electron chi connectivity index (χ3n) is 2.88. The van der Waals surface area contributed by atoms with Crippen LogP contribution in [0.3, 0.4) is 0 Å². The Balaban J connectivity index is 2.10. The number of nitrogens with zero attached hydrogens (tertiary/aromatic N) is 1. The van der Waals surface area contributed by atoms with Crippen LogP contribution in [-0.4, -0.2) is 10.5 Å². The van der Waals surface area contributed by atoms with Gasteiger partial charge in [-0.15, -0.1) is 0 Å². The number of rotatable bonds is 2. The summed E-state index contributed by atoms with van der Waals surface area (Å²) in [7, 11) is 0. The summed E-state index contributed by atoms with van der Waals surface area (Å²) in [5.74, 6) is 0. The maximum Gasteiger partial charge on any atom is 0.131 e. The number of halogens is 1. The van der Waals surface area contributed by atoms with Gasteiger partial charge in [-0.25, -0.2) is 4.98 Å². The molecule has 2 rings (SSSR count). The molecule has 76 valence electrons. The zero-order chi connectivity index (χ0) is 10.0. The fourth-order valence-corrected chi connectivity index (χ4v) is 2.28. The van der Waals surface area contributed by atoms with E-state index in [1.54, 1.807) is 6.20 Å². The monoisotopic (exact) mass is 210 g/mol. The summed E-state index contributed by atoms with van der Waals surface area (Å²) in [6.45, 7) is 2.27. The standard InChI is InChI=1S/C11H15ClN2/c1-11(5-2-3-6-11)14-9-4-7-13-10(12)8-9/h4,7-8H,2-3,5-6H2,1H3,(H,13,14). The van der Waals surface area contributed by atoms with Crippen LogP contribution >= 0.6 is 11.6 Å². The van der Waals surface area contributed by atoms with E-state index in [0.717, 1.165) is 5.69 Å². The predicted octanol–water partition coefficient (Wildman–Crippen LogP) is 3.48. The smallest absolute Gasteiger partial charge is 0.131 e. The first-order valence-corrected chi connectivity index (χ1v) is 5.46. The molecule has 1 N–H and O–H groups in total. The van der Waals surface area contributed by atoms with Crippen molar-refractivity contribution in [2.45, 2.75) is 38.1 Å². The van der Waals surface area contributed by atoms with Crippen LogP contribution in [0.1, 0.15) is 32.6 Å². The van der Waals surface area contributed by atoms with Crippen molar-refractivity contribution in [3.63, 3.8) is 0 Å². The van der Waals surface area contributed by atoms with Crippen LogP contribution in [0.4, 0.5) is 5.69 Å². The molecule has 0 aromatic carbocycles. The molecule has 0 radical (unpaired) electrons. The number of nitrogens with one attached hydrogen (secondary N) is 1. The summed E-state index contributed by atoms with van der Waals surface area (Å²) in [6.07, 6.45) is 6.87. The Hall–Kier alpha value is -0.760. The van der Waals surface area contributed by atoms with Crippen LogP contribution in [-0.2, 0) is 0 Å². The second-order valence-electron chi connectivity index (χ2n) is 4.26. The molecule has 0 aliphatic heterocycles. The van der Waals surface area contributed by atoms with Gasteiger partial charge in [-0.05, 0) is 31.9 Å². The average Bonchev–Trinajstić information content (AvgIpc) is 2.51. The molecule has 0 amide bonds. The minimum atomic E-state index is 0.255. The summed E-state index contributed by atoms with van der Waals surface area (Å²) >= 11 is 5.82. The van der Waals surface area contributed by atoms with Crippen LogP contribution in [0.2, 0.25) is 5.15 Å². The molecular weight excluding hydrogens is 196 g/mol. The normalized spacial score (nSPS) is 19.6. The summed E-state index contributed by atoms with van der Waals surface area (Å²) in [6, 6.07) is 3.85. The van der Waals surface area contributed by atoms with Gasteiger partial charge in [0.1, 0.15) is 5.15 Å². The average molecular weight is 211 g/mol. The molecule has 1 saturated carbocycles. The van der Waals surface area contributed by atoms with Gasteiger partial charge >= 0.3 is 0 Å². The van der Waals surface area contributed by atoms with Crippen molar-refractivity contribution in [2.24, 2.45) is 0 Å². The molecule has 14 heavy (non-hydrogen) atoms. The number of hydrogen-bond donors (Lipinski definition) is 1. The van der Waals surface area contributed by atoms with Gasteiger partial charge < -0.3 is 5.32 Å². The first-order chi connectivity index (χ1) is 6.68. The molecule has 1 fully saturated rings. The minimum absolute atomic E-state index is 0.255. The van der Waals surface area contributed by atoms with E-state index in [1.807, 2.05) is 12.1 Å². The van der Waals surface area contributed by atoms with Crippen molar-refractivity contribution in [1.29, 1.82) is 0 Å². The van der Waals surface area contributed by atoms with Crippen LogP contribution in [0, 0.1) is 0 Å². The zero-order valence-electron chi connectivity index (χ0n) is 8.39. The fourth-order valence-electron chi connectivity index (χ4n) is 2.11. The summed E-state index contributed by atoms with van der Waals surface area (Å²) in [5, 5.41) is 4.09. The van der Waals surface area contributed by atoms with Crippen molar-refractivity contribution in [2.75, 3.05) is 5.32 Å². The highest BCUT2D eigenvalue weighted by Gasteiger charge is 2.28. The maximum absolute atomic E-state index is 5.82. The Morgan fingerprint density at radius 2 is 2.14 bits per heavy atom. The Kier molecular flexibility index (Phi) is 2.64. The van der Waals surface area contributed by atoms with E-state index in [1.165, 1.54) is 25.7 Å². The highest BCUT2D eigenvalue weighted by atomic mass is 35.5. The molecule has 0 spiro atoms. The molecule has 1 heterocycles. The SMILES string of the molecule is CC1(Nc2ccnc(Cl)c2)CCCC1. The quantitative estimate of drug-likeness (QED) is 0.756. The lowest BCUT2D eigenvalue weighted by atomic mass is 10.0. The van der Waals surface area contributed by atoms with Crippen molar-refractivity contribution in [3.8, 4) is 0 Å². The summed E-state index contributed by atoms with van der Waals surface area (Å²) in [4.78, 5) is 3.96. The number of anilines is 1. The molecule has 1 aliphatic carbocycles. The van der Waals surface area contributed by atoms with Crippen molar-refractivity contribution in [3.05, 3.63) is 23.5 Å². The second kappa shape index (κ2) is 3.77. The lowest BCUT2D eigenvalue weighted by Crippen LogP contribution is -2.30. The van der Waals surface area contributed by atoms with Gasteiger partial charge in [0.25, 0.3) is 0 Å². The number of hydrogen-bond acceptors (Lipinski definition) is 2. The largest absolute Gasteiger partial charge is 0.380 e. The van der Waals surface area contributed by atoms with E-state index in [2.05, 4.69) is 17.2 Å². The third kappa shape index (κ3) is 2.18. The van der Waals surface area contributed by atoms with Gasteiger partial charge in [0, 0.05) is 17.4 Å². The first-order valence-electron chi connectivity index (χ1n) is 5.08. The molecule has 3 heteroatoms. The molecule has 1 aliphatic rings. The summed E-state index contributed by atoms with van der Waals surface area (Å²) in [5.41, 5.74) is 1.33. The molecule has 0 bridgehead atoms. The molecule has 0 saturated heterocycles. The van der Waals surface area contributed by atoms with Crippen molar-refractivity contribution in [1.82, 2.24) is 4.98 Å². The van der Waals surface area contributed by atoms with E-state index in [-0.39, 0.29) is 5.54 Å². The topological polar surface area (TPSA) is 24.9 Å². The van der Waals surface area contributed by atoms with E-state index in [4.69, 9.17) is 11.6 Å². The van der Waals surface area contributed by atoms with Gasteiger partial charge in [-0.3, -0.25) is 0 Å². The minimum Gasteiger partial charge on any atom is -0.380 e. The lowest BCUT2D eigenvalue weighted by molar-refractivity contribution is 0.533. The molecule has 2 nitrogen and oxygen atoms in total. The molecular formula is C11H15ClN2. The Bertz CT molecular complexity index is 319. The van der Waals surface area contributed by atoms with Crippen LogP contribution in [0.5, 0.6) is 0 Å². The van der Waals surface area contributed by atoms with Gasteiger partial charge in [0.15, 0.2) is 0 Å². The Morgan fingerprint density at radius 1 is 1.43 bits per heavy atom. The van der Waals surface area contributed by atoms with Gasteiger partial charge in [0.05, 0.1) is 0 Å². The van der Waals surface area contributed by atoms with Crippen LogP contribution < -0.4 is 5.32 Å². The first kappa shape index (κ1) is 9.78. The van der Waals surface area contributed by atoms with Crippen molar-refractivity contribution < 1.29 is 0 Å². The van der Waals surface area contributed by atoms with Gasteiger partial charge in [0.2, 0.25) is 0 Å². The maximum atomic E-state index is 5.82. The van der Waals surface area contributed by atoms with E-state index < -0.39 is 0 Å². The third-order valence-corrected chi connectivity index (χ3v) is 3.09. The van der Waals surface area contributed by atoms with Crippen LogP contribution in [0.25, 0.3) is 0 Å². The van der Waals surface area contributed by atoms with E-state index in [9.17, 15) is 0 Å². The number of pyridine rings is 1. The Labute approximate surface area is 89.7 Å². The summed E-state index contributed by atoms with van der Waals surface area (Å²) < 4.78 is 0. The number of aromatic nitrogens is 1. The van der Waals surface area contributed by atoms with Crippen molar-refractivity contribution >= 4 is 17.3 Å². The van der Waals surface area contributed by atoms with E-state index in [0.29, 0.717) is 5.15 Å². The van der Waals surface area contributed by atoms with E-state index >= 15 is 0 Å². The van der Waals surface area contributed by atoms with Gasteiger partial charge in [-0.2, -0.15) is 0 Å². The fraction of sp³-hybridized carbons (Fsp3) is 0.545. The predicted molar refractivity (Wildman–Crippen MR) is 59.7 cm³/mol. The Morgan fingerprint density at radius 3 is 2.79 bits per heavy atom. The molecule has 0 atom stereocenters. The van der Waals surface area contributed by atoms with Gasteiger partial charge in [-0.1, -0.05) is 24.4 Å². The molecule has 1 aromatic rings. The molecule has 0 unspecified atom stereocenters. The lowest BCUT2D eigenvalue weighted by Gasteiger charge is -2.26. The molecule has 1 aromatic heterocycles. The van der Waals surface area contributed by atoms with Crippen LogP contribution in [0.15, 0.2) is 18.3 Å². The highest BCUT2D eigenvalue weighted by Crippen LogP contribution is 2.32. The zero-order valence-corrected chi connectivity index (χ0v) is 9.14. The second-order valence-corrected chi connectivity index (χ2v) is 4.65. The highest BCUT2D eigenvalue weighted by molar-refractivity contribution is 6.29.